The largest absolute Gasteiger partial charge is 0.283 e. The topological polar surface area (TPSA) is 3.24 Å². The van der Waals surface area contributed by atoms with E-state index >= 15 is 0 Å². The maximum Gasteiger partial charge on any atom is 0.110 e. The molecule has 1 atom stereocenters. The monoisotopic (exact) mass is 223 g/mol. The Bertz CT molecular complexity index is 113. The molecule has 1 saturated heterocycles. The van der Waals surface area contributed by atoms with Crippen LogP contribution >= 0.6 is 35.1 Å². The van der Waals surface area contributed by atoms with Gasteiger partial charge >= 0.3 is 0 Å². The molecular formula is C8H17NS3. The fourth-order valence-electron chi connectivity index (χ4n) is 1.56. The fourth-order valence-corrected chi connectivity index (χ4v) is 2.53. The highest BCUT2D eigenvalue weighted by atomic mass is 33.1. The highest BCUT2D eigenvalue weighted by Gasteiger charge is 2.14. The molecule has 0 amide bonds. The first-order chi connectivity index (χ1) is 5.84. The zero-order chi connectivity index (χ0) is 8.81. The molecule has 1 aliphatic rings. The van der Waals surface area contributed by atoms with Crippen molar-refractivity contribution in [2.75, 3.05) is 13.1 Å². The third-order valence-electron chi connectivity index (χ3n) is 2.30. The van der Waals surface area contributed by atoms with Gasteiger partial charge in [0.25, 0.3) is 0 Å². The molecule has 1 unspecified atom stereocenters. The Labute approximate surface area is 89.9 Å². The lowest BCUT2D eigenvalue weighted by molar-refractivity contribution is 0.274. The molecule has 0 spiro atoms. The van der Waals surface area contributed by atoms with Gasteiger partial charge in [-0.1, -0.05) is 30.1 Å². The second kappa shape index (κ2) is 6.46. The van der Waals surface area contributed by atoms with E-state index in [1.165, 1.54) is 56.0 Å². The Hall–Kier alpha value is 1.01. The first-order valence-electron chi connectivity index (χ1n) is 4.57. The summed E-state index contributed by atoms with van der Waals surface area (Å²) in [6.45, 7) is 2.39. The van der Waals surface area contributed by atoms with E-state index in [9.17, 15) is 0 Å². The maximum atomic E-state index is 4.47. The molecule has 1 rings (SSSR count). The van der Waals surface area contributed by atoms with E-state index in [-0.39, 0.29) is 4.71 Å². The molecule has 72 valence electrons. The Morgan fingerprint density at radius 3 is 2.00 bits per heavy atom. The molecule has 12 heavy (non-hydrogen) atoms. The van der Waals surface area contributed by atoms with Crippen molar-refractivity contribution in [2.45, 2.75) is 36.8 Å². The minimum absolute atomic E-state index is 0.284. The average Bonchev–Trinajstić information content (AvgIpc) is 2.02. The van der Waals surface area contributed by atoms with E-state index in [4.69, 9.17) is 0 Å². The Balaban J connectivity index is 2.29. The number of rotatable bonds is 2. The molecule has 0 aromatic rings. The van der Waals surface area contributed by atoms with Gasteiger partial charge in [0, 0.05) is 0 Å². The van der Waals surface area contributed by atoms with E-state index in [2.05, 4.69) is 29.2 Å². The van der Waals surface area contributed by atoms with Gasteiger partial charge in [-0.15, -0.1) is 24.3 Å². The summed E-state index contributed by atoms with van der Waals surface area (Å²) in [4.78, 5) is 2.42. The van der Waals surface area contributed by atoms with Crippen LogP contribution in [0, 0.1) is 0 Å². The van der Waals surface area contributed by atoms with Crippen LogP contribution in [0.4, 0.5) is 0 Å². The summed E-state index contributed by atoms with van der Waals surface area (Å²) in [5.41, 5.74) is 0. The number of nitrogens with zero attached hydrogens (tertiary/aromatic N) is 1. The first kappa shape index (κ1) is 11.1. The third kappa shape index (κ3) is 3.81. The molecule has 1 heterocycles. The zero-order valence-corrected chi connectivity index (χ0v) is 9.88. The van der Waals surface area contributed by atoms with Crippen LogP contribution in [0.5, 0.6) is 0 Å². The van der Waals surface area contributed by atoms with Gasteiger partial charge in [-0.2, -0.15) is 0 Å². The lowest BCUT2D eigenvalue weighted by Crippen LogP contribution is -2.31. The maximum absolute atomic E-state index is 4.47. The Morgan fingerprint density at radius 2 is 1.50 bits per heavy atom. The van der Waals surface area contributed by atoms with E-state index in [0.717, 1.165) is 0 Å². The van der Waals surface area contributed by atoms with Gasteiger partial charge in [-0.25, -0.2) is 0 Å². The van der Waals surface area contributed by atoms with Crippen LogP contribution in [0.2, 0.25) is 0 Å². The van der Waals surface area contributed by atoms with Gasteiger partial charge in [-0.05, 0) is 25.9 Å². The van der Waals surface area contributed by atoms with Gasteiger partial charge in [-0.3, -0.25) is 4.90 Å². The molecule has 1 fully saturated rings. The quantitative estimate of drug-likeness (QED) is 0.421. The van der Waals surface area contributed by atoms with Crippen LogP contribution in [0.15, 0.2) is 0 Å². The molecule has 0 aliphatic carbocycles. The van der Waals surface area contributed by atoms with Crippen molar-refractivity contribution in [1.82, 2.24) is 4.90 Å². The van der Waals surface area contributed by atoms with Crippen LogP contribution in [-0.2, 0) is 0 Å². The van der Waals surface area contributed by atoms with E-state index in [1.54, 1.807) is 0 Å². The van der Waals surface area contributed by atoms with Crippen molar-refractivity contribution >= 4 is 35.1 Å². The highest BCUT2D eigenvalue weighted by molar-refractivity contribution is 8.70. The minimum atomic E-state index is 0.284. The molecule has 0 radical (unpaired) electrons. The number of hydrogen-bond acceptors (Lipinski definition) is 4. The minimum Gasteiger partial charge on any atom is -0.283 e. The summed E-state index contributed by atoms with van der Waals surface area (Å²) < 4.78 is 0.284. The predicted molar refractivity (Wildman–Crippen MR) is 64.0 cm³/mol. The van der Waals surface area contributed by atoms with Crippen LogP contribution < -0.4 is 0 Å². The predicted octanol–water partition coefficient (Wildman–Crippen LogP) is 3.04. The van der Waals surface area contributed by atoms with Gasteiger partial charge < -0.3 is 0 Å². The lowest BCUT2D eigenvalue weighted by Gasteiger charge is -2.27. The van der Waals surface area contributed by atoms with Crippen LogP contribution in [0.25, 0.3) is 0 Å². The lowest BCUT2D eigenvalue weighted by atomic mass is 10.1. The second-order valence-electron chi connectivity index (χ2n) is 3.24. The highest BCUT2D eigenvalue weighted by Crippen LogP contribution is 2.24. The summed E-state index contributed by atoms with van der Waals surface area (Å²) in [5.74, 6) is 0. The van der Waals surface area contributed by atoms with Crippen molar-refractivity contribution < 1.29 is 0 Å². The summed E-state index contributed by atoms with van der Waals surface area (Å²) >= 11 is 8.65. The van der Waals surface area contributed by atoms with E-state index in [1.807, 2.05) is 0 Å². The fraction of sp³-hybridized carbons (Fsp3) is 1.00. The van der Waals surface area contributed by atoms with Gasteiger partial charge in [0.1, 0.15) is 4.71 Å². The SMILES string of the molecule is SSC(S)N1CCCCCCC1. The molecule has 0 saturated carbocycles. The number of thiol groups is 2. The van der Waals surface area contributed by atoms with Gasteiger partial charge in [0.05, 0.1) is 0 Å². The normalized spacial score (nSPS) is 24.5. The average molecular weight is 223 g/mol. The molecule has 1 nitrogen and oxygen atoms in total. The van der Waals surface area contributed by atoms with E-state index < -0.39 is 0 Å². The van der Waals surface area contributed by atoms with Crippen molar-refractivity contribution in [3.05, 3.63) is 0 Å². The van der Waals surface area contributed by atoms with Crippen LogP contribution in [-0.4, -0.2) is 22.7 Å². The molecule has 0 bridgehead atoms. The Kier molecular flexibility index (Phi) is 5.97. The summed E-state index contributed by atoms with van der Waals surface area (Å²) in [5, 5.41) is 0. The zero-order valence-electron chi connectivity index (χ0n) is 7.28. The van der Waals surface area contributed by atoms with Crippen molar-refractivity contribution in [3.63, 3.8) is 0 Å². The van der Waals surface area contributed by atoms with E-state index in [0.29, 0.717) is 0 Å². The molecule has 4 heteroatoms. The van der Waals surface area contributed by atoms with Gasteiger partial charge in [0.15, 0.2) is 0 Å². The molecule has 0 aromatic carbocycles. The Morgan fingerprint density at radius 1 is 1.00 bits per heavy atom. The van der Waals surface area contributed by atoms with Crippen molar-refractivity contribution in [1.29, 1.82) is 0 Å². The number of hydrogen-bond donors (Lipinski definition) is 2. The van der Waals surface area contributed by atoms with Crippen molar-refractivity contribution in [3.8, 4) is 0 Å². The van der Waals surface area contributed by atoms with Gasteiger partial charge in [0.2, 0.25) is 0 Å². The molecule has 0 N–H and O–H groups in total. The number of likely N-dealkylation sites (tertiary alicyclic amines) is 1. The summed E-state index contributed by atoms with van der Waals surface area (Å²) in [6, 6.07) is 0. The third-order valence-corrected chi connectivity index (χ3v) is 4.52. The summed E-state index contributed by atoms with van der Waals surface area (Å²) in [7, 11) is 1.53. The first-order valence-corrected chi connectivity index (χ1v) is 7.02. The van der Waals surface area contributed by atoms with Crippen LogP contribution in [0.3, 0.4) is 0 Å². The summed E-state index contributed by atoms with van der Waals surface area (Å²) in [6.07, 6.45) is 6.83. The molecule has 0 aromatic heterocycles. The second-order valence-corrected chi connectivity index (χ2v) is 5.36. The standard InChI is InChI=1S/C8H17NS3/c10-8(12-11)9-6-4-2-1-3-5-7-9/h8,10-11H,1-7H2. The smallest absolute Gasteiger partial charge is 0.110 e. The van der Waals surface area contributed by atoms with Crippen LogP contribution in [0.1, 0.15) is 32.1 Å². The van der Waals surface area contributed by atoms with Crippen molar-refractivity contribution in [2.24, 2.45) is 0 Å². The molecule has 1 aliphatic heterocycles. The molecular weight excluding hydrogens is 206 g/mol.